The molecule has 0 unspecified atom stereocenters. The summed E-state index contributed by atoms with van der Waals surface area (Å²) in [6.45, 7) is 6.53. The molecular weight excluding hydrogens is 186 g/mol. The third kappa shape index (κ3) is 5.17. The lowest BCUT2D eigenvalue weighted by Crippen LogP contribution is -2.27. The van der Waals surface area contributed by atoms with Crippen molar-refractivity contribution in [2.45, 2.75) is 45.6 Å². The van der Waals surface area contributed by atoms with Gasteiger partial charge in [0.05, 0.1) is 5.84 Å². The van der Waals surface area contributed by atoms with E-state index in [0.717, 1.165) is 25.3 Å². The van der Waals surface area contributed by atoms with E-state index in [1.165, 1.54) is 19.3 Å². The number of amidine groups is 1. The van der Waals surface area contributed by atoms with Crippen molar-refractivity contribution >= 4 is 5.84 Å². The molecule has 0 aliphatic heterocycles. The molecule has 1 rings (SSSR count). The predicted octanol–water partition coefficient (Wildman–Crippen LogP) is 1.87. The number of rotatable bonds is 7. The van der Waals surface area contributed by atoms with Crippen LogP contribution in [0.4, 0.5) is 0 Å². The van der Waals surface area contributed by atoms with Crippen LogP contribution >= 0.6 is 0 Å². The molecule has 0 spiro atoms. The zero-order valence-corrected chi connectivity index (χ0v) is 10.4. The number of nitrogens with zero attached hydrogens (tertiary/aromatic N) is 2. The average Bonchev–Trinajstić information content (AvgIpc) is 2.99. The second-order valence-electron chi connectivity index (χ2n) is 4.86. The van der Waals surface area contributed by atoms with E-state index in [9.17, 15) is 0 Å². The molecule has 0 aromatic carbocycles. The minimum Gasteiger partial charge on any atom is -0.387 e. The molecule has 0 bridgehead atoms. The van der Waals surface area contributed by atoms with Crippen molar-refractivity contribution in [3.63, 3.8) is 0 Å². The molecule has 3 heteroatoms. The number of nitrogens with two attached hydrogens (primary N) is 1. The Morgan fingerprint density at radius 3 is 2.60 bits per heavy atom. The Kier molecular flexibility index (Phi) is 5.09. The molecule has 1 aliphatic carbocycles. The highest BCUT2D eigenvalue weighted by Gasteiger charge is 2.24. The molecule has 1 saturated carbocycles. The van der Waals surface area contributed by atoms with Gasteiger partial charge >= 0.3 is 0 Å². The fraction of sp³-hybridized carbons (Fsp3) is 0.917. The Labute approximate surface area is 93.7 Å². The molecule has 0 heterocycles. The Morgan fingerprint density at radius 1 is 1.40 bits per heavy atom. The summed E-state index contributed by atoms with van der Waals surface area (Å²) >= 11 is 0. The number of hydrogen-bond donors (Lipinski definition) is 1. The molecule has 88 valence electrons. The molecule has 0 saturated heterocycles. The molecule has 0 atom stereocenters. The van der Waals surface area contributed by atoms with Crippen molar-refractivity contribution in [1.82, 2.24) is 4.90 Å². The van der Waals surface area contributed by atoms with Gasteiger partial charge in [-0.3, -0.25) is 4.99 Å². The molecular formula is C12H25N3. The van der Waals surface area contributed by atoms with Gasteiger partial charge in [0, 0.05) is 18.5 Å². The fourth-order valence-electron chi connectivity index (χ4n) is 1.45. The summed E-state index contributed by atoms with van der Waals surface area (Å²) in [6.07, 6.45) is 4.89. The van der Waals surface area contributed by atoms with E-state index < -0.39 is 0 Å². The third-order valence-corrected chi connectivity index (χ3v) is 3.09. The van der Waals surface area contributed by atoms with Gasteiger partial charge in [0.1, 0.15) is 0 Å². The second kappa shape index (κ2) is 6.11. The van der Waals surface area contributed by atoms with E-state index in [1.54, 1.807) is 0 Å². The maximum atomic E-state index is 5.81. The van der Waals surface area contributed by atoms with Gasteiger partial charge < -0.3 is 10.6 Å². The van der Waals surface area contributed by atoms with Crippen LogP contribution in [0.15, 0.2) is 4.99 Å². The first kappa shape index (κ1) is 12.5. The molecule has 0 amide bonds. The standard InChI is InChI=1S/C12H25N3/c1-10(2)15(3)9-5-4-8-14-12(13)11-6-7-11/h10-11H,4-9H2,1-3H3,(H2,13,14). The average molecular weight is 211 g/mol. The number of aliphatic imine (C=N–C) groups is 1. The zero-order valence-electron chi connectivity index (χ0n) is 10.4. The molecule has 0 aromatic heterocycles. The first-order valence-electron chi connectivity index (χ1n) is 6.11. The van der Waals surface area contributed by atoms with E-state index in [1.807, 2.05) is 0 Å². The Morgan fingerprint density at radius 2 is 2.07 bits per heavy atom. The van der Waals surface area contributed by atoms with Crippen LogP contribution in [0.3, 0.4) is 0 Å². The summed E-state index contributed by atoms with van der Waals surface area (Å²) in [5, 5.41) is 0. The van der Waals surface area contributed by atoms with Crippen molar-refractivity contribution < 1.29 is 0 Å². The molecule has 2 N–H and O–H groups in total. The highest BCUT2D eigenvalue weighted by Crippen LogP contribution is 2.28. The monoisotopic (exact) mass is 211 g/mol. The number of hydrogen-bond acceptors (Lipinski definition) is 2. The van der Waals surface area contributed by atoms with Crippen LogP contribution in [-0.2, 0) is 0 Å². The summed E-state index contributed by atoms with van der Waals surface area (Å²) in [7, 11) is 2.17. The van der Waals surface area contributed by atoms with Gasteiger partial charge in [-0.1, -0.05) is 0 Å². The summed E-state index contributed by atoms with van der Waals surface area (Å²) in [4.78, 5) is 6.77. The van der Waals surface area contributed by atoms with Crippen LogP contribution < -0.4 is 5.73 Å². The van der Waals surface area contributed by atoms with Crippen molar-refractivity contribution in [1.29, 1.82) is 0 Å². The lowest BCUT2D eigenvalue weighted by molar-refractivity contribution is 0.269. The van der Waals surface area contributed by atoms with Crippen molar-refractivity contribution in [3.8, 4) is 0 Å². The van der Waals surface area contributed by atoms with Gasteiger partial charge in [0.25, 0.3) is 0 Å². The van der Waals surface area contributed by atoms with Crippen LogP contribution in [0.2, 0.25) is 0 Å². The Bertz CT molecular complexity index is 207. The smallest absolute Gasteiger partial charge is 0.0968 e. The first-order chi connectivity index (χ1) is 7.11. The summed E-state index contributed by atoms with van der Waals surface area (Å²) in [5.41, 5.74) is 5.81. The zero-order chi connectivity index (χ0) is 11.3. The van der Waals surface area contributed by atoms with Crippen molar-refractivity contribution in [2.24, 2.45) is 16.6 Å². The Hall–Kier alpha value is -0.570. The van der Waals surface area contributed by atoms with Gasteiger partial charge in [0.15, 0.2) is 0 Å². The molecule has 15 heavy (non-hydrogen) atoms. The van der Waals surface area contributed by atoms with Crippen LogP contribution in [0, 0.1) is 5.92 Å². The van der Waals surface area contributed by atoms with E-state index in [-0.39, 0.29) is 0 Å². The summed E-state index contributed by atoms with van der Waals surface area (Å²) < 4.78 is 0. The van der Waals surface area contributed by atoms with Gasteiger partial charge in [-0.25, -0.2) is 0 Å². The Balaban J connectivity index is 1.99. The SMILES string of the molecule is CC(C)N(C)CCCCN=C(N)C1CC1. The van der Waals surface area contributed by atoms with Crippen LogP contribution in [-0.4, -0.2) is 36.9 Å². The first-order valence-corrected chi connectivity index (χ1v) is 6.11. The van der Waals surface area contributed by atoms with Gasteiger partial charge in [0.2, 0.25) is 0 Å². The molecule has 0 radical (unpaired) electrons. The fourth-order valence-corrected chi connectivity index (χ4v) is 1.45. The van der Waals surface area contributed by atoms with Crippen LogP contribution in [0.5, 0.6) is 0 Å². The van der Waals surface area contributed by atoms with E-state index in [2.05, 4.69) is 30.8 Å². The lowest BCUT2D eigenvalue weighted by atomic mass is 10.2. The number of unbranched alkanes of at least 4 members (excludes halogenated alkanes) is 1. The van der Waals surface area contributed by atoms with Gasteiger partial charge in [-0.05, 0) is 53.1 Å². The van der Waals surface area contributed by atoms with Crippen molar-refractivity contribution in [3.05, 3.63) is 0 Å². The highest BCUT2D eigenvalue weighted by molar-refractivity contribution is 5.84. The van der Waals surface area contributed by atoms with E-state index in [4.69, 9.17) is 5.73 Å². The molecule has 1 aliphatic rings. The van der Waals surface area contributed by atoms with Crippen LogP contribution in [0.25, 0.3) is 0 Å². The maximum absolute atomic E-state index is 5.81. The van der Waals surface area contributed by atoms with Gasteiger partial charge in [-0.15, -0.1) is 0 Å². The normalized spacial score (nSPS) is 17.8. The lowest BCUT2D eigenvalue weighted by Gasteiger charge is -2.20. The molecule has 1 fully saturated rings. The largest absolute Gasteiger partial charge is 0.387 e. The quantitative estimate of drug-likeness (QED) is 0.397. The van der Waals surface area contributed by atoms with Crippen LogP contribution in [0.1, 0.15) is 39.5 Å². The highest BCUT2D eigenvalue weighted by atomic mass is 15.1. The van der Waals surface area contributed by atoms with Crippen molar-refractivity contribution in [2.75, 3.05) is 20.1 Å². The maximum Gasteiger partial charge on any atom is 0.0968 e. The summed E-state index contributed by atoms with van der Waals surface area (Å²) in [6, 6.07) is 0.644. The van der Waals surface area contributed by atoms with Gasteiger partial charge in [-0.2, -0.15) is 0 Å². The minimum absolute atomic E-state index is 0.628. The molecule has 3 nitrogen and oxygen atoms in total. The molecule has 0 aromatic rings. The summed E-state index contributed by atoms with van der Waals surface area (Å²) in [5.74, 6) is 1.52. The predicted molar refractivity (Wildman–Crippen MR) is 66.2 cm³/mol. The van der Waals surface area contributed by atoms with E-state index in [0.29, 0.717) is 12.0 Å². The third-order valence-electron chi connectivity index (χ3n) is 3.09. The second-order valence-corrected chi connectivity index (χ2v) is 4.86. The minimum atomic E-state index is 0.628. The van der Waals surface area contributed by atoms with E-state index >= 15 is 0 Å². The topological polar surface area (TPSA) is 41.6 Å².